The van der Waals surface area contributed by atoms with Crippen molar-refractivity contribution in [3.05, 3.63) is 0 Å². The molecule has 1 unspecified atom stereocenters. The normalized spacial score (nSPS) is 13.7. The van der Waals surface area contributed by atoms with Crippen molar-refractivity contribution >= 4 is 16.0 Å². The Bertz CT molecular complexity index is 354. The summed E-state index contributed by atoms with van der Waals surface area (Å²) >= 11 is 0. The SMILES string of the molecule is CCCCCN(CC(C)C(=O)O)S(=O)(=O)CCCC. The van der Waals surface area contributed by atoms with Gasteiger partial charge in [0, 0.05) is 13.1 Å². The summed E-state index contributed by atoms with van der Waals surface area (Å²) in [5.41, 5.74) is 0. The maximum atomic E-state index is 12.2. The molecular weight excluding hydrogens is 266 g/mol. The molecular formula is C13H27NO4S. The lowest BCUT2D eigenvalue weighted by atomic mass is 10.2. The predicted molar refractivity (Wildman–Crippen MR) is 76.6 cm³/mol. The first-order valence-electron chi connectivity index (χ1n) is 7.05. The second kappa shape index (κ2) is 9.31. The van der Waals surface area contributed by atoms with Gasteiger partial charge in [-0.15, -0.1) is 0 Å². The number of aliphatic carboxylic acids is 1. The summed E-state index contributed by atoms with van der Waals surface area (Å²) in [6.07, 6.45) is 4.19. The number of sulfonamides is 1. The molecule has 0 aliphatic rings. The van der Waals surface area contributed by atoms with Crippen LogP contribution < -0.4 is 0 Å². The molecule has 5 nitrogen and oxygen atoms in total. The van der Waals surface area contributed by atoms with Crippen molar-refractivity contribution in [3.8, 4) is 0 Å². The van der Waals surface area contributed by atoms with Crippen molar-refractivity contribution in [3.63, 3.8) is 0 Å². The van der Waals surface area contributed by atoms with Crippen LogP contribution in [-0.2, 0) is 14.8 Å². The van der Waals surface area contributed by atoms with E-state index in [-0.39, 0.29) is 12.3 Å². The van der Waals surface area contributed by atoms with E-state index in [9.17, 15) is 13.2 Å². The third kappa shape index (κ3) is 7.52. The van der Waals surface area contributed by atoms with Crippen molar-refractivity contribution in [2.75, 3.05) is 18.8 Å². The third-order valence-corrected chi connectivity index (χ3v) is 4.98. The largest absolute Gasteiger partial charge is 0.481 e. The van der Waals surface area contributed by atoms with E-state index >= 15 is 0 Å². The van der Waals surface area contributed by atoms with Crippen molar-refractivity contribution < 1.29 is 18.3 Å². The van der Waals surface area contributed by atoms with Gasteiger partial charge in [0.15, 0.2) is 0 Å². The molecule has 6 heteroatoms. The summed E-state index contributed by atoms with van der Waals surface area (Å²) in [4.78, 5) is 10.9. The highest BCUT2D eigenvalue weighted by atomic mass is 32.2. The first kappa shape index (κ1) is 18.4. The number of nitrogens with zero attached hydrogens (tertiary/aromatic N) is 1. The van der Waals surface area contributed by atoms with Crippen LogP contribution in [0.2, 0.25) is 0 Å². The van der Waals surface area contributed by atoms with Gasteiger partial charge in [-0.05, 0) is 12.8 Å². The van der Waals surface area contributed by atoms with E-state index < -0.39 is 21.9 Å². The van der Waals surface area contributed by atoms with Gasteiger partial charge in [0.1, 0.15) is 0 Å². The molecule has 0 heterocycles. The first-order valence-corrected chi connectivity index (χ1v) is 8.66. The van der Waals surface area contributed by atoms with Gasteiger partial charge in [-0.3, -0.25) is 4.79 Å². The van der Waals surface area contributed by atoms with Gasteiger partial charge in [-0.25, -0.2) is 12.7 Å². The zero-order chi connectivity index (χ0) is 14.9. The third-order valence-electron chi connectivity index (χ3n) is 3.06. The fraction of sp³-hybridized carbons (Fsp3) is 0.923. The fourth-order valence-corrected chi connectivity index (χ4v) is 3.49. The van der Waals surface area contributed by atoms with Crippen molar-refractivity contribution in [1.29, 1.82) is 0 Å². The lowest BCUT2D eigenvalue weighted by Crippen LogP contribution is -2.39. The molecule has 19 heavy (non-hydrogen) atoms. The minimum absolute atomic E-state index is 0.0745. The molecule has 0 saturated carbocycles. The molecule has 1 atom stereocenters. The minimum atomic E-state index is -3.32. The van der Waals surface area contributed by atoms with Crippen LogP contribution in [0.4, 0.5) is 0 Å². The lowest BCUT2D eigenvalue weighted by molar-refractivity contribution is -0.141. The number of hydrogen-bond donors (Lipinski definition) is 1. The molecule has 0 fully saturated rings. The molecule has 0 aromatic carbocycles. The molecule has 1 N–H and O–H groups in total. The van der Waals surface area contributed by atoms with Crippen LogP contribution in [0.25, 0.3) is 0 Å². The number of carboxylic acids is 1. The Hall–Kier alpha value is -0.620. The van der Waals surface area contributed by atoms with Gasteiger partial charge in [-0.1, -0.05) is 40.0 Å². The molecule has 0 aliphatic heterocycles. The predicted octanol–water partition coefficient (Wildman–Crippen LogP) is 2.33. The van der Waals surface area contributed by atoms with Crippen LogP contribution in [0.1, 0.15) is 52.9 Å². The van der Waals surface area contributed by atoms with Crippen LogP contribution in [-0.4, -0.2) is 42.6 Å². The van der Waals surface area contributed by atoms with E-state index in [1.54, 1.807) is 6.92 Å². The van der Waals surface area contributed by atoms with E-state index in [1.807, 2.05) is 6.92 Å². The van der Waals surface area contributed by atoms with Crippen LogP contribution in [0.15, 0.2) is 0 Å². The van der Waals surface area contributed by atoms with E-state index in [0.717, 1.165) is 25.7 Å². The molecule has 0 aromatic rings. The van der Waals surface area contributed by atoms with Gasteiger partial charge in [0.25, 0.3) is 0 Å². The zero-order valence-corrected chi connectivity index (χ0v) is 13.1. The number of carboxylic acid groups (broad SMARTS) is 1. The van der Waals surface area contributed by atoms with Gasteiger partial charge >= 0.3 is 5.97 Å². The molecule has 0 amide bonds. The van der Waals surface area contributed by atoms with Crippen LogP contribution in [0.5, 0.6) is 0 Å². The van der Waals surface area contributed by atoms with Gasteiger partial charge < -0.3 is 5.11 Å². The molecule has 0 saturated heterocycles. The van der Waals surface area contributed by atoms with Gasteiger partial charge in [-0.2, -0.15) is 0 Å². The maximum Gasteiger partial charge on any atom is 0.307 e. The van der Waals surface area contributed by atoms with E-state index in [2.05, 4.69) is 6.92 Å². The smallest absolute Gasteiger partial charge is 0.307 e. The summed E-state index contributed by atoms with van der Waals surface area (Å²) in [5, 5.41) is 8.92. The second-order valence-electron chi connectivity index (χ2n) is 4.97. The van der Waals surface area contributed by atoms with Gasteiger partial charge in [0.05, 0.1) is 11.7 Å². The van der Waals surface area contributed by atoms with Gasteiger partial charge in [0.2, 0.25) is 10.0 Å². The van der Waals surface area contributed by atoms with E-state index in [1.165, 1.54) is 4.31 Å². The fourth-order valence-electron chi connectivity index (χ4n) is 1.72. The average molecular weight is 293 g/mol. The maximum absolute atomic E-state index is 12.2. The summed E-state index contributed by atoms with van der Waals surface area (Å²) in [5.74, 6) is -1.51. The van der Waals surface area contributed by atoms with Crippen molar-refractivity contribution in [1.82, 2.24) is 4.31 Å². The van der Waals surface area contributed by atoms with Crippen LogP contribution >= 0.6 is 0 Å². The Kier molecular flexibility index (Phi) is 9.01. The highest BCUT2D eigenvalue weighted by Crippen LogP contribution is 2.11. The zero-order valence-electron chi connectivity index (χ0n) is 12.3. The van der Waals surface area contributed by atoms with E-state index in [4.69, 9.17) is 5.11 Å². The Balaban J connectivity index is 4.68. The lowest BCUT2D eigenvalue weighted by Gasteiger charge is -2.23. The average Bonchev–Trinajstić information content (AvgIpc) is 2.35. The topological polar surface area (TPSA) is 74.7 Å². The van der Waals surface area contributed by atoms with Crippen LogP contribution in [0.3, 0.4) is 0 Å². The summed E-state index contributed by atoms with van der Waals surface area (Å²) in [7, 11) is -3.32. The number of hydrogen-bond acceptors (Lipinski definition) is 3. The Labute approximate surface area is 117 Å². The first-order chi connectivity index (χ1) is 8.85. The number of unbranched alkanes of at least 4 members (excludes halogenated alkanes) is 3. The molecule has 0 aliphatic carbocycles. The summed E-state index contributed by atoms with van der Waals surface area (Å²) < 4.78 is 25.7. The molecule has 0 radical (unpaired) electrons. The number of rotatable bonds is 11. The minimum Gasteiger partial charge on any atom is -0.481 e. The monoisotopic (exact) mass is 293 g/mol. The summed E-state index contributed by atoms with van der Waals surface area (Å²) in [6, 6.07) is 0. The highest BCUT2D eigenvalue weighted by molar-refractivity contribution is 7.89. The van der Waals surface area contributed by atoms with Crippen molar-refractivity contribution in [2.24, 2.45) is 5.92 Å². The van der Waals surface area contributed by atoms with Crippen molar-refractivity contribution in [2.45, 2.75) is 52.9 Å². The Morgan fingerprint density at radius 1 is 1.16 bits per heavy atom. The molecule has 114 valence electrons. The van der Waals surface area contributed by atoms with E-state index in [0.29, 0.717) is 13.0 Å². The second-order valence-corrected chi connectivity index (χ2v) is 7.06. The Morgan fingerprint density at radius 3 is 2.21 bits per heavy atom. The standard InChI is InChI=1S/C13H27NO4S/c1-4-6-8-9-14(11-12(3)13(15)16)19(17,18)10-7-5-2/h12H,4-11H2,1-3H3,(H,15,16). The molecule has 0 spiro atoms. The number of carbonyl (C=O) groups is 1. The molecule has 0 bridgehead atoms. The Morgan fingerprint density at radius 2 is 1.74 bits per heavy atom. The highest BCUT2D eigenvalue weighted by Gasteiger charge is 2.25. The molecule has 0 aromatic heterocycles. The van der Waals surface area contributed by atoms with Crippen LogP contribution in [0, 0.1) is 5.92 Å². The molecule has 0 rings (SSSR count). The quantitative estimate of drug-likeness (QED) is 0.593. The summed E-state index contributed by atoms with van der Waals surface area (Å²) in [6.45, 7) is 6.04.